The first-order valence-electron chi connectivity index (χ1n) is 11.0. The van der Waals surface area contributed by atoms with Gasteiger partial charge in [-0.05, 0) is 0 Å². The van der Waals surface area contributed by atoms with Crippen molar-refractivity contribution in [3.63, 3.8) is 0 Å². The van der Waals surface area contributed by atoms with Crippen molar-refractivity contribution in [3.8, 4) is 0 Å². The summed E-state index contributed by atoms with van der Waals surface area (Å²) in [6, 6.07) is 0. The fraction of sp³-hybridized carbons (Fsp3) is 1.00. The monoisotopic (exact) mass is 446 g/mol. The summed E-state index contributed by atoms with van der Waals surface area (Å²) in [6.07, 6.45) is 16.7. The van der Waals surface area contributed by atoms with Crippen LogP contribution in [0.15, 0.2) is 0 Å². The van der Waals surface area contributed by atoms with E-state index in [1.165, 1.54) is 90.4 Å². The molecule has 0 aromatic carbocycles. The molecule has 142 valence electrons. The molecule has 1 saturated carbocycles. The molecule has 2 nitrogen and oxygen atoms in total. The molecule has 0 spiro atoms. The van der Waals surface area contributed by atoms with Crippen LogP contribution < -0.4 is 0 Å². The number of hydrogen-bond donors (Lipinski definition) is 0. The van der Waals surface area contributed by atoms with Crippen LogP contribution in [0.4, 0.5) is 0 Å². The minimum atomic E-state index is -2.51. The van der Waals surface area contributed by atoms with Crippen LogP contribution in [-0.4, -0.2) is 37.1 Å². The van der Waals surface area contributed by atoms with Gasteiger partial charge >= 0.3 is 156 Å². The maximum atomic E-state index is 7.45. The Bertz CT molecular complexity index is 313. The molecular weight excluding hydrogens is 403 g/mol. The van der Waals surface area contributed by atoms with Crippen molar-refractivity contribution >= 4 is 18.8 Å². The molecule has 1 aliphatic heterocycles. The van der Waals surface area contributed by atoms with Gasteiger partial charge in [-0.1, -0.05) is 0 Å². The van der Waals surface area contributed by atoms with Crippen molar-refractivity contribution < 1.29 is 7.81 Å². The quantitative estimate of drug-likeness (QED) is 0.229. The number of rotatable bonds is 13. The van der Waals surface area contributed by atoms with Crippen LogP contribution in [0.5, 0.6) is 0 Å². The molecule has 0 aromatic heterocycles. The Morgan fingerprint density at radius 2 is 1.38 bits per heavy atom. The summed E-state index contributed by atoms with van der Waals surface area (Å²) in [5.74, 6) is 0. The summed E-state index contributed by atoms with van der Waals surface area (Å²) in [5.41, 5.74) is 0.213. The molecule has 1 saturated heterocycles. The predicted octanol–water partition coefficient (Wildman–Crippen LogP) is 6.84. The van der Waals surface area contributed by atoms with Crippen LogP contribution in [0.2, 0.25) is 13.3 Å². The number of hydrogen-bond acceptors (Lipinski definition) is 2. The molecule has 0 N–H and O–H groups in total. The van der Waals surface area contributed by atoms with Crippen molar-refractivity contribution in [1.29, 1.82) is 0 Å². The second kappa shape index (κ2) is 10.8. The topological polar surface area (TPSA) is 21.8 Å². The summed E-state index contributed by atoms with van der Waals surface area (Å²) in [7, 11) is 0. The third-order valence-corrected chi connectivity index (χ3v) is 19.5. The van der Waals surface area contributed by atoms with Gasteiger partial charge in [-0.15, -0.1) is 0 Å². The van der Waals surface area contributed by atoms with E-state index in [0.29, 0.717) is 6.10 Å². The molecule has 24 heavy (non-hydrogen) atoms. The van der Waals surface area contributed by atoms with E-state index in [1.54, 1.807) is 0 Å². The Labute approximate surface area is 155 Å². The zero-order valence-electron chi connectivity index (χ0n) is 16.7. The summed E-state index contributed by atoms with van der Waals surface area (Å²) < 4.78 is 17.5. The van der Waals surface area contributed by atoms with E-state index in [-0.39, 0.29) is 5.60 Å². The van der Waals surface area contributed by atoms with Crippen LogP contribution in [0, 0.1) is 0 Å². The summed E-state index contributed by atoms with van der Waals surface area (Å²) >= 11 is -2.51. The molecule has 1 aliphatic carbocycles. The molecule has 2 rings (SSSR count). The number of unbranched alkanes of at least 4 members (excludes halogenated alkanes) is 3. The Morgan fingerprint density at radius 1 is 0.875 bits per heavy atom. The van der Waals surface area contributed by atoms with Crippen molar-refractivity contribution in [2.75, 3.05) is 6.61 Å². The van der Waals surface area contributed by atoms with Crippen molar-refractivity contribution in [2.24, 2.45) is 0 Å². The third-order valence-electron chi connectivity index (χ3n) is 6.16. The summed E-state index contributed by atoms with van der Waals surface area (Å²) in [4.78, 5) is 0. The van der Waals surface area contributed by atoms with E-state index in [4.69, 9.17) is 7.81 Å². The molecule has 0 bridgehead atoms. The molecule has 0 amide bonds. The Morgan fingerprint density at radius 3 is 1.79 bits per heavy atom. The van der Waals surface area contributed by atoms with E-state index in [2.05, 4.69) is 20.8 Å². The van der Waals surface area contributed by atoms with Crippen molar-refractivity contribution in [3.05, 3.63) is 0 Å². The molecule has 0 radical (unpaired) electrons. The van der Waals surface area contributed by atoms with Gasteiger partial charge in [0.25, 0.3) is 0 Å². The zero-order chi connectivity index (χ0) is 17.3. The average Bonchev–Trinajstić information content (AvgIpc) is 3.40. The Kier molecular flexibility index (Phi) is 9.43. The zero-order valence-corrected chi connectivity index (χ0v) is 19.6. The Hall–Kier alpha value is 0.719. The SMILES string of the molecule is CCC[CH2][Sn]([CH2]CCC)([CH2]CCC)[O]C1(CC2CO2)CCCCC1. The molecule has 2 aliphatic rings. The second-order valence-electron chi connectivity index (χ2n) is 8.50. The first kappa shape index (κ1) is 21.0. The molecule has 2 fully saturated rings. The Balaban J connectivity index is 2.13. The normalized spacial score (nSPS) is 23.4. The van der Waals surface area contributed by atoms with Crippen LogP contribution >= 0.6 is 0 Å². The van der Waals surface area contributed by atoms with Crippen LogP contribution in [0.3, 0.4) is 0 Å². The van der Waals surface area contributed by atoms with Crippen LogP contribution in [0.1, 0.15) is 97.8 Å². The van der Waals surface area contributed by atoms with E-state index in [1.807, 2.05) is 0 Å². The summed E-state index contributed by atoms with van der Waals surface area (Å²) in [5, 5.41) is 0. The minimum absolute atomic E-state index is 0.213. The fourth-order valence-electron chi connectivity index (χ4n) is 4.63. The van der Waals surface area contributed by atoms with Gasteiger partial charge in [0, 0.05) is 0 Å². The van der Waals surface area contributed by atoms with Gasteiger partial charge in [0.1, 0.15) is 0 Å². The van der Waals surface area contributed by atoms with Gasteiger partial charge in [0.2, 0.25) is 0 Å². The van der Waals surface area contributed by atoms with Crippen molar-refractivity contribution in [1.82, 2.24) is 0 Å². The molecule has 0 aromatic rings. The second-order valence-corrected chi connectivity index (χ2v) is 20.1. The molecule has 1 heterocycles. The third kappa shape index (κ3) is 6.79. The molecule has 3 heteroatoms. The van der Waals surface area contributed by atoms with Crippen molar-refractivity contribution in [2.45, 2.75) is 123 Å². The first-order chi connectivity index (χ1) is 11.7. The van der Waals surface area contributed by atoms with E-state index >= 15 is 0 Å². The number of ether oxygens (including phenoxy) is 1. The van der Waals surface area contributed by atoms with E-state index < -0.39 is 18.8 Å². The van der Waals surface area contributed by atoms with Gasteiger partial charge in [-0.25, -0.2) is 0 Å². The maximum absolute atomic E-state index is 7.45. The van der Waals surface area contributed by atoms with E-state index in [0.717, 1.165) is 6.61 Å². The van der Waals surface area contributed by atoms with Gasteiger partial charge in [-0.3, -0.25) is 0 Å². The van der Waals surface area contributed by atoms with Crippen LogP contribution in [-0.2, 0) is 7.81 Å². The molecule has 1 atom stereocenters. The van der Waals surface area contributed by atoms with Crippen LogP contribution in [0.25, 0.3) is 0 Å². The molecular formula is C21H42O2Sn. The molecule has 1 unspecified atom stereocenters. The van der Waals surface area contributed by atoms with E-state index in [9.17, 15) is 0 Å². The van der Waals surface area contributed by atoms with Gasteiger partial charge in [0.15, 0.2) is 0 Å². The average molecular weight is 445 g/mol. The fourth-order valence-corrected chi connectivity index (χ4v) is 19.6. The van der Waals surface area contributed by atoms with Gasteiger partial charge in [-0.2, -0.15) is 0 Å². The van der Waals surface area contributed by atoms with Gasteiger partial charge < -0.3 is 0 Å². The standard InChI is InChI=1S/C9H15O2.3C4H9.Sn/c10-9(6-8-7-11-8)4-2-1-3-5-9;3*1-3-4-2;/h8H,1-7H2;3*1,3-4H2,2H3;/q-1;;;;+1. The van der Waals surface area contributed by atoms with Gasteiger partial charge in [0.05, 0.1) is 0 Å². The predicted molar refractivity (Wildman–Crippen MR) is 106 cm³/mol. The number of epoxide rings is 1. The first-order valence-corrected chi connectivity index (χ1v) is 18.2. The summed E-state index contributed by atoms with van der Waals surface area (Å²) in [6.45, 7) is 8.05.